The van der Waals surface area contributed by atoms with Crippen LogP contribution in [0.2, 0.25) is 0 Å². The van der Waals surface area contributed by atoms with E-state index >= 15 is 0 Å². The maximum absolute atomic E-state index is 12.4. The molecule has 2 rings (SSSR count). The fourth-order valence-corrected chi connectivity index (χ4v) is 2.21. The summed E-state index contributed by atoms with van der Waals surface area (Å²) in [5.41, 5.74) is 0.737. The Balaban J connectivity index is 2.50. The van der Waals surface area contributed by atoms with Crippen LogP contribution in [-0.4, -0.2) is 18.8 Å². The lowest BCUT2D eigenvalue weighted by molar-refractivity contribution is -0.274. The van der Waals surface area contributed by atoms with Crippen molar-refractivity contribution in [2.24, 2.45) is 5.41 Å². The molecule has 3 nitrogen and oxygen atoms in total. The molecule has 0 aromatic heterocycles. The Hall–Kier alpha value is -2.24. The van der Waals surface area contributed by atoms with Gasteiger partial charge in [-0.3, -0.25) is 4.79 Å². The van der Waals surface area contributed by atoms with Crippen molar-refractivity contribution >= 4 is 11.4 Å². The third kappa shape index (κ3) is 4.87. The maximum atomic E-state index is 12.4. The Morgan fingerprint density at radius 3 is 2.65 bits per heavy atom. The number of carbonyl (C=O) groups is 1. The average molecular weight is 326 g/mol. The lowest BCUT2D eigenvalue weighted by Gasteiger charge is -2.18. The van der Waals surface area contributed by atoms with Crippen molar-refractivity contribution in [3.8, 4) is 11.5 Å². The molecule has 1 heterocycles. The minimum absolute atomic E-state index is 0.155. The zero-order valence-corrected chi connectivity index (χ0v) is 13.0. The van der Waals surface area contributed by atoms with E-state index in [2.05, 4.69) is 4.74 Å². The second-order valence-corrected chi connectivity index (χ2v) is 6.03. The van der Waals surface area contributed by atoms with Gasteiger partial charge in [0.25, 0.3) is 0 Å². The van der Waals surface area contributed by atoms with E-state index in [-0.39, 0.29) is 16.9 Å². The summed E-state index contributed by atoms with van der Waals surface area (Å²) < 4.78 is 46.8. The molecular weight excluding hydrogens is 309 g/mol. The van der Waals surface area contributed by atoms with Crippen molar-refractivity contribution in [1.29, 1.82) is 0 Å². The lowest BCUT2D eigenvalue weighted by Crippen LogP contribution is -2.17. The number of hydrogen-bond acceptors (Lipinski definition) is 3. The maximum Gasteiger partial charge on any atom is 0.573 e. The van der Waals surface area contributed by atoms with Crippen LogP contribution in [-0.2, 0) is 4.79 Å². The van der Waals surface area contributed by atoms with Crippen molar-refractivity contribution in [1.82, 2.24) is 0 Å². The molecule has 23 heavy (non-hydrogen) atoms. The van der Waals surface area contributed by atoms with E-state index in [0.717, 1.165) is 0 Å². The van der Waals surface area contributed by atoms with Gasteiger partial charge in [0.2, 0.25) is 0 Å². The Bertz CT molecular complexity index is 670. The second-order valence-electron chi connectivity index (χ2n) is 6.03. The van der Waals surface area contributed by atoms with Crippen LogP contribution in [0.3, 0.4) is 0 Å². The van der Waals surface area contributed by atoms with Gasteiger partial charge < -0.3 is 9.47 Å². The molecule has 0 unspecified atom stereocenters. The largest absolute Gasteiger partial charge is 0.573 e. The van der Waals surface area contributed by atoms with Crippen LogP contribution >= 0.6 is 0 Å². The molecule has 0 radical (unpaired) electrons. The molecule has 0 amide bonds. The quantitative estimate of drug-likeness (QED) is 0.766. The van der Waals surface area contributed by atoms with E-state index in [9.17, 15) is 18.0 Å². The monoisotopic (exact) mass is 326 g/mol. The SMILES string of the molecule is CC(=O)/C=C/C1=CC(C)(C)COc2ccc(OC(F)(F)F)cc21. The molecule has 1 aliphatic heterocycles. The molecule has 0 fully saturated rings. The summed E-state index contributed by atoms with van der Waals surface area (Å²) in [6.07, 6.45) is 0.0527. The summed E-state index contributed by atoms with van der Waals surface area (Å²) in [5, 5.41) is 0. The summed E-state index contributed by atoms with van der Waals surface area (Å²) in [6.45, 7) is 5.65. The number of halogens is 3. The molecule has 0 N–H and O–H groups in total. The van der Waals surface area contributed by atoms with Gasteiger partial charge in [0, 0.05) is 11.0 Å². The number of allylic oxidation sites excluding steroid dienone is 3. The number of alkyl halides is 3. The molecule has 124 valence electrons. The summed E-state index contributed by atoms with van der Waals surface area (Å²) in [6, 6.07) is 3.91. The van der Waals surface area contributed by atoms with Gasteiger partial charge in [0.1, 0.15) is 11.5 Å². The Kier molecular flexibility index (Phi) is 4.54. The summed E-state index contributed by atoms with van der Waals surface area (Å²) in [4.78, 5) is 11.2. The average Bonchev–Trinajstić information content (AvgIpc) is 2.51. The van der Waals surface area contributed by atoms with Gasteiger partial charge in [-0.25, -0.2) is 0 Å². The van der Waals surface area contributed by atoms with Crippen molar-refractivity contribution in [2.75, 3.05) is 6.61 Å². The Morgan fingerprint density at radius 2 is 2.04 bits per heavy atom. The molecule has 0 atom stereocenters. The standard InChI is InChI=1S/C17H17F3O3/c1-11(21)4-5-12-9-16(2,3)10-22-15-7-6-13(8-14(12)15)23-17(18,19)20/h4-9H,10H2,1-3H3/b5-4+. The molecule has 1 aromatic carbocycles. The fraction of sp³-hybridized carbons (Fsp3) is 0.353. The molecule has 1 aromatic rings. The van der Waals surface area contributed by atoms with E-state index in [1.165, 1.54) is 31.2 Å². The van der Waals surface area contributed by atoms with Gasteiger partial charge >= 0.3 is 6.36 Å². The van der Waals surface area contributed by atoms with E-state index in [0.29, 0.717) is 23.5 Å². The number of rotatable bonds is 3. The van der Waals surface area contributed by atoms with Crippen molar-refractivity contribution in [3.63, 3.8) is 0 Å². The number of benzene rings is 1. The predicted octanol–water partition coefficient (Wildman–Crippen LogP) is 4.53. The molecule has 6 heteroatoms. The van der Waals surface area contributed by atoms with Crippen LogP contribution in [0.5, 0.6) is 11.5 Å². The topological polar surface area (TPSA) is 35.5 Å². The number of ether oxygens (including phenoxy) is 2. The number of hydrogen-bond donors (Lipinski definition) is 0. The van der Waals surface area contributed by atoms with E-state index in [1.54, 1.807) is 6.08 Å². The molecule has 0 saturated carbocycles. The second kappa shape index (κ2) is 6.10. The Labute approximate surface area is 132 Å². The number of carbonyl (C=O) groups excluding carboxylic acids is 1. The lowest BCUT2D eigenvalue weighted by atomic mass is 9.90. The molecule has 0 bridgehead atoms. The van der Waals surface area contributed by atoms with Gasteiger partial charge in [-0.15, -0.1) is 13.2 Å². The van der Waals surface area contributed by atoms with E-state index in [1.807, 2.05) is 19.9 Å². The van der Waals surface area contributed by atoms with Crippen molar-refractivity contribution in [2.45, 2.75) is 27.1 Å². The number of ketones is 1. The molecule has 0 aliphatic carbocycles. The van der Waals surface area contributed by atoms with Crippen LogP contribution in [0.15, 0.2) is 36.4 Å². The predicted molar refractivity (Wildman–Crippen MR) is 80.2 cm³/mol. The highest BCUT2D eigenvalue weighted by Gasteiger charge is 2.32. The van der Waals surface area contributed by atoms with Gasteiger partial charge in [0.15, 0.2) is 5.78 Å². The molecule has 0 saturated heterocycles. The highest BCUT2D eigenvalue weighted by Crippen LogP contribution is 2.38. The summed E-state index contributed by atoms with van der Waals surface area (Å²) >= 11 is 0. The van der Waals surface area contributed by atoms with Crippen LogP contribution in [0.25, 0.3) is 5.57 Å². The third-order valence-electron chi connectivity index (χ3n) is 3.14. The van der Waals surface area contributed by atoms with Gasteiger partial charge in [0.05, 0.1) is 6.61 Å². The van der Waals surface area contributed by atoms with E-state index in [4.69, 9.17) is 4.74 Å². The van der Waals surface area contributed by atoms with Crippen LogP contribution < -0.4 is 9.47 Å². The Morgan fingerprint density at radius 1 is 1.35 bits per heavy atom. The minimum Gasteiger partial charge on any atom is -0.492 e. The highest BCUT2D eigenvalue weighted by molar-refractivity contribution is 5.91. The first-order valence-corrected chi connectivity index (χ1v) is 7.00. The van der Waals surface area contributed by atoms with Crippen LogP contribution in [0.4, 0.5) is 13.2 Å². The molecule has 0 spiro atoms. The van der Waals surface area contributed by atoms with Crippen LogP contribution in [0, 0.1) is 5.41 Å². The summed E-state index contributed by atoms with van der Waals surface area (Å²) in [5.74, 6) is -0.0376. The van der Waals surface area contributed by atoms with Gasteiger partial charge in [-0.1, -0.05) is 26.0 Å². The first-order valence-electron chi connectivity index (χ1n) is 7.00. The fourth-order valence-electron chi connectivity index (χ4n) is 2.21. The minimum atomic E-state index is -4.77. The number of fused-ring (bicyclic) bond motifs is 1. The third-order valence-corrected chi connectivity index (χ3v) is 3.14. The molecular formula is C17H17F3O3. The van der Waals surface area contributed by atoms with Gasteiger partial charge in [-0.05, 0) is 36.8 Å². The first-order chi connectivity index (χ1) is 10.6. The summed E-state index contributed by atoms with van der Waals surface area (Å²) in [7, 11) is 0. The van der Waals surface area contributed by atoms with Crippen molar-refractivity contribution in [3.05, 3.63) is 42.0 Å². The normalized spacial score (nSPS) is 17.0. The van der Waals surface area contributed by atoms with E-state index < -0.39 is 6.36 Å². The highest BCUT2D eigenvalue weighted by atomic mass is 19.4. The van der Waals surface area contributed by atoms with Crippen molar-refractivity contribution < 1.29 is 27.4 Å². The molecule has 1 aliphatic rings. The van der Waals surface area contributed by atoms with Crippen LogP contribution in [0.1, 0.15) is 26.3 Å². The van der Waals surface area contributed by atoms with Gasteiger partial charge in [-0.2, -0.15) is 0 Å². The zero-order chi connectivity index (χ0) is 17.3. The smallest absolute Gasteiger partial charge is 0.492 e. The first kappa shape index (κ1) is 17.1. The zero-order valence-electron chi connectivity index (χ0n) is 13.0.